The average molecular weight is 328 g/mol. The Hall–Kier alpha value is -2.37. The van der Waals surface area contributed by atoms with Crippen LogP contribution in [-0.4, -0.2) is 24.8 Å². The van der Waals surface area contributed by atoms with Crippen molar-refractivity contribution in [3.8, 4) is 0 Å². The summed E-state index contributed by atoms with van der Waals surface area (Å²) < 4.78 is 5.16. The Labute approximate surface area is 142 Å². The molecule has 2 aromatic carbocycles. The van der Waals surface area contributed by atoms with Gasteiger partial charge in [-0.2, -0.15) is 0 Å². The van der Waals surface area contributed by atoms with Crippen molar-refractivity contribution in [2.45, 2.75) is 25.7 Å². The number of rotatable bonds is 7. The summed E-state index contributed by atoms with van der Waals surface area (Å²) in [5.41, 5.74) is 1.68. The molecule has 24 heavy (non-hydrogen) atoms. The van der Waals surface area contributed by atoms with Gasteiger partial charge in [0.15, 0.2) is 0 Å². The van der Waals surface area contributed by atoms with E-state index in [1.807, 2.05) is 54.6 Å². The quantitative estimate of drug-likeness (QED) is 0.731. The molecule has 0 radical (unpaired) electrons. The van der Waals surface area contributed by atoms with E-state index in [-0.39, 0.29) is 12.6 Å². The molecule has 0 aliphatic carbocycles. The topological polar surface area (TPSA) is 70.6 Å². The molecule has 0 spiro atoms. The molecule has 0 aliphatic rings. The number of carbonyl (C=O) groups excluding carboxylic acids is 1. The zero-order chi connectivity index (χ0) is 17.4. The van der Waals surface area contributed by atoms with Crippen LogP contribution in [0.2, 0.25) is 0 Å². The molecular formula is C19H24N2O3. The standard InChI is InChI=1S/C19H24N2O3/c1-19(23,17-10-4-3-5-11-17)14-21-18(22)20-12-15-8-6-7-9-16(15)13-24-2/h3-11,23H,12-14H2,1-2H3,(H2,20,21,22)/t19-/m1/s1. The number of benzene rings is 2. The van der Waals surface area contributed by atoms with E-state index >= 15 is 0 Å². The van der Waals surface area contributed by atoms with E-state index in [0.29, 0.717) is 13.2 Å². The van der Waals surface area contributed by atoms with Crippen molar-refractivity contribution in [1.29, 1.82) is 0 Å². The first-order valence-electron chi connectivity index (χ1n) is 7.88. The molecule has 1 atom stereocenters. The highest BCUT2D eigenvalue weighted by Gasteiger charge is 2.23. The van der Waals surface area contributed by atoms with Crippen molar-refractivity contribution in [2.75, 3.05) is 13.7 Å². The summed E-state index contributed by atoms with van der Waals surface area (Å²) in [4.78, 5) is 12.0. The second-order valence-electron chi connectivity index (χ2n) is 5.88. The van der Waals surface area contributed by atoms with Gasteiger partial charge in [-0.1, -0.05) is 54.6 Å². The summed E-state index contributed by atoms with van der Waals surface area (Å²) in [6.07, 6.45) is 0. The number of nitrogens with one attached hydrogen (secondary N) is 2. The average Bonchev–Trinajstić information content (AvgIpc) is 2.60. The minimum Gasteiger partial charge on any atom is -0.384 e. The van der Waals surface area contributed by atoms with E-state index in [4.69, 9.17) is 4.74 Å². The lowest BCUT2D eigenvalue weighted by atomic mass is 9.96. The number of carbonyl (C=O) groups is 1. The van der Waals surface area contributed by atoms with Gasteiger partial charge in [-0.25, -0.2) is 4.79 Å². The normalized spacial score (nSPS) is 13.1. The van der Waals surface area contributed by atoms with E-state index in [9.17, 15) is 9.90 Å². The predicted molar refractivity (Wildman–Crippen MR) is 93.4 cm³/mol. The number of hydrogen-bond donors (Lipinski definition) is 3. The molecule has 0 saturated carbocycles. The van der Waals surface area contributed by atoms with Gasteiger partial charge in [-0.05, 0) is 23.6 Å². The first-order chi connectivity index (χ1) is 11.5. The molecule has 5 nitrogen and oxygen atoms in total. The molecule has 0 fully saturated rings. The van der Waals surface area contributed by atoms with Crippen molar-refractivity contribution < 1.29 is 14.6 Å². The van der Waals surface area contributed by atoms with E-state index in [1.165, 1.54) is 0 Å². The Morgan fingerprint density at radius 3 is 2.33 bits per heavy atom. The Bertz CT molecular complexity index is 657. The first-order valence-corrected chi connectivity index (χ1v) is 7.88. The van der Waals surface area contributed by atoms with Gasteiger partial charge in [0.1, 0.15) is 5.60 Å². The maximum atomic E-state index is 12.0. The summed E-state index contributed by atoms with van der Waals surface area (Å²) in [7, 11) is 1.64. The van der Waals surface area contributed by atoms with E-state index in [0.717, 1.165) is 16.7 Å². The third-order valence-electron chi connectivity index (χ3n) is 3.85. The van der Waals surface area contributed by atoms with Gasteiger partial charge in [-0.15, -0.1) is 0 Å². The molecule has 0 bridgehead atoms. The van der Waals surface area contributed by atoms with Gasteiger partial charge < -0.3 is 20.5 Å². The largest absolute Gasteiger partial charge is 0.384 e. The number of urea groups is 1. The van der Waals surface area contributed by atoms with E-state index in [2.05, 4.69) is 10.6 Å². The van der Waals surface area contributed by atoms with E-state index < -0.39 is 5.60 Å². The summed E-state index contributed by atoms with van der Waals surface area (Å²) in [5.74, 6) is 0. The molecule has 0 saturated heterocycles. The van der Waals surface area contributed by atoms with Gasteiger partial charge in [0.05, 0.1) is 13.2 Å². The summed E-state index contributed by atoms with van der Waals surface area (Å²) >= 11 is 0. The Morgan fingerprint density at radius 1 is 1.04 bits per heavy atom. The molecule has 2 rings (SSSR count). The summed E-state index contributed by atoms with van der Waals surface area (Å²) in [6, 6.07) is 16.7. The highest BCUT2D eigenvalue weighted by molar-refractivity contribution is 5.74. The number of amides is 2. The molecule has 0 heterocycles. The molecule has 5 heteroatoms. The second kappa shape index (κ2) is 8.47. The van der Waals surface area contributed by atoms with Gasteiger partial charge >= 0.3 is 6.03 Å². The predicted octanol–water partition coefficient (Wildman–Crippen LogP) is 2.54. The van der Waals surface area contributed by atoms with Gasteiger partial charge in [0, 0.05) is 13.7 Å². The lowest BCUT2D eigenvalue weighted by Crippen LogP contribution is -2.43. The van der Waals surface area contributed by atoms with Crippen LogP contribution in [-0.2, 0) is 23.5 Å². The number of ether oxygens (including phenoxy) is 1. The van der Waals surface area contributed by atoms with Crippen molar-refractivity contribution in [3.05, 3.63) is 71.3 Å². The van der Waals surface area contributed by atoms with Crippen LogP contribution in [0.25, 0.3) is 0 Å². The summed E-state index contributed by atoms with van der Waals surface area (Å²) in [6.45, 7) is 2.71. The lowest BCUT2D eigenvalue weighted by molar-refractivity contribution is 0.0594. The minimum atomic E-state index is -1.12. The van der Waals surface area contributed by atoms with Crippen molar-refractivity contribution in [3.63, 3.8) is 0 Å². The Morgan fingerprint density at radius 2 is 1.67 bits per heavy atom. The number of hydrogen-bond acceptors (Lipinski definition) is 3. The van der Waals surface area contributed by atoms with Crippen molar-refractivity contribution in [1.82, 2.24) is 10.6 Å². The van der Waals surface area contributed by atoms with Crippen LogP contribution >= 0.6 is 0 Å². The monoisotopic (exact) mass is 328 g/mol. The molecular weight excluding hydrogens is 304 g/mol. The Balaban J connectivity index is 1.86. The fourth-order valence-corrected chi connectivity index (χ4v) is 2.42. The number of methoxy groups -OCH3 is 1. The Kier molecular flexibility index (Phi) is 6.35. The third kappa shape index (κ3) is 5.08. The van der Waals surface area contributed by atoms with Gasteiger partial charge in [-0.3, -0.25) is 0 Å². The van der Waals surface area contributed by atoms with Crippen molar-refractivity contribution in [2.24, 2.45) is 0 Å². The first kappa shape index (κ1) is 18.0. The van der Waals surface area contributed by atoms with Crippen LogP contribution < -0.4 is 10.6 Å². The molecule has 2 amide bonds. The highest BCUT2D eigenvalue weighted by Crippen LogP contribution is 2.18. The smallest absolute Gasteiger partial charge is 0.315 e. The number of aliphatic hydroxyl groups is 1. The van der Waals surface area contributed by atoms with Crippen LogP contribution in [0.4, 0.5) is 4.79 Å². The van der Waals surface area contributed by atoms with Crippen LogP contribution in [0.3, 0.4) is 0 Å². The molecule has 0 aromatic heterocycles. The SMILES string of the molecule is COCc1ccccc1CNC(=O)NC[C@@](C)(O)c1ccccc1. The van der Waals surface area contributed by atoms with Crippen LogP contribution in [0, 0.1) is 0 Å². The fraction of sp³-hybridized carbons (Fsp3) is 0.316. The molecule has 128 valence electrons. The maximum Gasteiger partial charge on any atom is 0.315 e. The van der Waals surface area contributed by atoms with Gasteiger partial charge in [0.25, 0.3) is 0 Å². The second-order valence-corrected chi connectivity index (χ2v) is 5.88. The fourth-order valence-electron chi connectivity index (χ4n) is 2.42. The van der Waals surface area contributed by atoms with Crippen molar-refractivity contribution >= 4 is 6.03 Å². The molecule has 0 unspecified atom stereocenters. The maximum absolute atomic E-state index is 12.0. The highest BCUT2D eigenvalue weighted by atomic mass is 16.5. The zero-order valence-corrected chi connectivity index (χ0v) is 14.1. The van der Waals surface area contributed by atoms with Crippen LogP contribution in [0.1, 0.15) is 23.6 Å². The summed E-state index contributed by atoms with van der Waals surface area (Å²) in [5, 5.41) is 16.0. The lowest BCUT2D eigenvalue weighted by Gasteiger charge is -2.24. The van der Waals surface area contributed by atoms with E-state index in [1.54, 1.807) is 14.0 Å². The van der Waals surface area contributed by atoms with Gasteiger partial charge in [0.2, 0.25) is 0 Å². The van der Waals surface area contributed by atoms with Crippen LogP contribution in [0.15, 0.2) is 54.6 Å². The van der Waals surface area contributed by atoms with Crippen LogP contribution in [0.5, 0.6) is 0 Å². The zero-order valence-electron chi connectivity index (χ0n) is 14.1. The molecule has 2 aromatic rings. The minimum absolute atomic E-state index is 0.128. The third-order valence-corrected chi connectivity index (χ3v) is 3.85. The molecule has 3 N–H and O–H groups in total. The molecule has 0 aliphatic heterocycles.